The van der Waals surface area contributed by atoms with E-state index >= 15 is 0 Å². The van der Waals surface area contributed by atoms with Crippen LogP contribution in [0, 0.1) is 20.8 Å². The molecule has 1 aromatic rings. The summed E-state index contributed by atoms with van der Waals surface area (Å²) in [7, 11) is -3.57. The maximum Gasteiger partial charge on any atom is 0.238 e. The van der Waals surface area contributed by atoms with Crippen molar-refractivity contribution in [3.8, 4) is 0 Å². The highest BCUT2D eigenvalue weighted by atomic mass is 35.5. The normalized spacial score (nSPS) is 10.9. The summed E-state index contributed by atoms with van der Waals surface area (Å²) >= 11 is 0. The van der Waals surface area contributed by atoms with Crippen molar-refractivity contribution in [2.75, 3.05) is 0 Å². The lowest BCUT2D eigenvalue weighted by Crippen LogP contribution is -2.14. The summed E-state index contributed by atoms with van der Waals surface area (Å²) in [5.74, 6) is 0. The maximum absolute atomic E-state index is 11.1. The molecule has 0 saturated heterocycles. The lowest BCUT2D eigenvalue weighted by molar-refractivity contribution is 0.597. The number of hydrogen-bond donors (Lipinski definition) is 1. The molecular formula is C9H14ClNO2S. The van der Waals surface area contributed by atoms with Crippen LogP contribution >= 0.6 is 12.4 Å². The molecule has 0 aliphatic rings. The highest BCUT2D eigenvalue weighted by molar-refractivity contribution is 7.89. The first-order chi connectivity index (χ1) is 5.84. The summed E-state index contributed by atoms with van der Waals surface area (Å²) in [6.45, 7) is 5.59. The van der Waals surface area contributed by atoms with E-state index in [0.29, 0.717) is 0 Å². The van der Waals surface area contributed by atoms with Crippen LogP contribution in [0.4, 0.5) is 0 Å². The zero-order valence-electron chi connectivity index (χ0n) is 8.37. The van der Waals surface area contributed by atoms with Gasteiger partial charge in [0.05, 0.1) is 4.90 Å². The van der Waals surface area contributed by atoms with Gasteiger partial charge in [-0.1, -0.05) is 6.07 Å². The first-order valence-corrected chi connectivity index (χ1v) is 5.48. The molecule has 0 radical (unpaired) electrons. The standard InChI is InChI=1S/C9H13NO2S.ClH/c1-6-4-5-9(13(10,11)12)8(3)7(6)2;/h4-5H,1-3H3,(H2,10,11,12);1H. The van der Waals surface area contributed by atoms with Crippen molar-refractivity contribution >= 4 is 22.4 Å². The van der Waals surface area contributed by atoms with E-state index in [4.69, 9.17) is 5.14 Å². The molecule has 0 aliphatic carbocycles. The molecule has 0 aliphatic heterocycles. The first kappa shape index (κ1) is 13.4. The minimum absolute atomic E-state index is 0. The Hall–Kier alpha value is -0.580. The zero-order valence-corrected chi connectivity index (χ0v) is 10.00. The predicted molar refractivity (Wildman–Crippen MR) is 59.3 cm³/mol. The van der Waals surface area contributed by atoms with E-state index in [0.717, 1.165) is 16.7 Å². The summed E-state index contributed by atoms with van der Waals surface area (Å²) in [5.41, 5.74) is 2.79. The molecule has 0 saturated carbocycles. The molecule has 0 fully saturated rings. The molecule has 3 nitrogen and oxygen atoms in total. The lowest BCUT2D eigenvalue weighted by atomic mass is 10.1. The molecule has 80 valence electrons. The van der Waals surface area contributed by atoms with Crippen molar-refractivity contribution < 1.29 is 8.42 Å². The highest BCUT2D eigenvalue weighted by Gasteiger charge is 2.12. The van der Waals surface area contributed by atoms with Crippen molar-refractivity contribution in [2.45, 2.75) is 25.7 Å². The van der Waals surface area contributed by atoms with Gasteiger partial charge in [-0.15, -0.1) is 12.4 Å². The number of hydrogen-bond acceptors (Lipinski definition) is 2. The number of nitrogens with two attached hydrogens (primary N) is 1. The molecule has 14 heavy (non-hydrogen) atoms. The molecular weight excluding hydrogens is 222 g/mol. The van der Waals surface area contributed by atoms with Crippen molar-refractivity contribution in [3.05, 3.63) is 28.8 Å². The van der Waals surface area contributed by atoms with Crippen LogP contribution in [0.1, 0.15) is 16.7 Å². The Balaban J connectivity index is 0.00000169. The molecule has 2 N–H and O–H groups in total. The number of sulfonamides is 1. The maximum atomic E-state index is 11.1. The largest absolute Gasteiger partial charge is 0.238 e. The van der Waals surface area contributed by atoms with Gasteiger partial charge in [-0.25, -0.2) is 13.6 Å². The average Bonchev–Trinajstić information content (AvgIpc) is 1.98. The van der Waals surface area contributed by atoms with Crippen molar-refractivity contribution in [3.63, 3.8) is 0 Å². The molecule has 0 aromatic heterocycles. The molecule has 0 heterocycles. The average molecular weight is 236 g/mol. The fraction of sp³-hybridized carbons (Fsp3) is 0.333. The Labute approximate surface area is 90.8 Å². The molecule has 5 heteroatoms. The fourth-order valence-electron chi connectivity index (χ4n) is 1.24. The van der Waals surface area contributed by atoms with E-state index in [1.165, 1.54) is 0 Å². The molecule has 0 bridgehead atoms. The fourth-order valence-corrected chi connectivity index (χ4v) is 2.08. The number of rotatable bonds is 1. The summed E-state index contributed by atoms with van der Waals surface area (Å²) in [5, 5.41) is 5.05. The van der Waals surface area contributed by atoms with Crippen LogP contribution in [-0.4, -0.2) is 8.42 Å². The van der Waals surface area contributed by atoms with Gasteiger partial charge in [-0.3, -0.25) is 0 Å². The van der Waals surface area contributed by atoms with Gasteiger partial charge in [0.2, 0.25) is 10.0 Å². The van der Waals surface area contributed by atoms with Gasteiger partial charge in [0.25, 0.3) is 0 Å². The molecule has 0 unspecified atom stereocenters. The van der Waals surface area contributed by atoms with Gasteiger partial charge >= 0.3 is 0 Å². The predicted octanol–water partition coefficient (Wildman–Crippen LogP) is 1.68. The van der Waals surface area contributed by atoms with Crippen molar-refractivity contribution in [1.29, 1.82) is 0 Å². The number of benzene rings is 1. The van der Waals surface area contributed by atoms with Crippen LogP contribution in [-0.2, 0) is 10.0 Å². The lowest BCUT2D eigenvalue weighted by Gasteiger charge is -2.08. The van der Waals surface area contributed by atoms with Crippen molar-refractivity contribution in [1.82, 2.24) is 0 Å². The second kappa shape index (κ2) is 4.29. The molecule has 0 spiro atoms. The third kappa shape index (κ3) is 2.47. The van der Waals surface area contributed by atoms with Gasteiger partial charge in [-0.2, -0.15) is 0 Å². The van der Waals surface area contributed by atoms with E-state index in [1.807, 2.05) is 13.8 Å². The van der Waals surface area contributed by atoms with E-state index in [2.05, 4.69) is 0 Å². The quantitative estimate of drug-likeness (QED) is 0.805. The molecule has 0 atom stereocenters. The summed E-state index contributed by atoms with van der Waals surface area (Å²) in [6, 6.07) is 3.31. The number of primary sulfonamides is 1. The van der Waals surface area contributed by atoms with Crippen LogP contribution in [0.3, 0.4) is 0 Å². The highest BCUT2D eigenvalue weighted by Crippen LogP contribution is 2.19. The molecule has 1 rings (SSSR count). The third-order valence-corrected chi connectivity index (χ3v) is 3.37. The van der Waals surface area contributed by atoms with Crippen LogP contribution < -0.4 is 5.14 Å². The second-order valence-electron chi connectivity index (χ2n) is 3.18. The number of aryl methyl sites for hydroxylation is 1. The van der Waals surface area contributed by atoms with Crippen molar-refractivity contribution in [2.24, 2.45) is 5.14 Å². The number of halogens is 1. The van der Waals surface area contributed by atoms with Gasteiger partial charge in [0.15, 0.2) is 0 Å². The SMILES string of the molecule is Cc1ccc(S(N)(=O)=O)c(C)c1C.Cl. The minimum Gasteiger partial charge on any atom is -0.225 e. The monoisotopic (exact) mass is 235 g/mol. The van der Waals surface area contributed by atoms with Gasteiger partial charge in [-0.05, 0) is 43.5 Å². The summed E-state index contributed by atoms with van der Waals surface area (Å²) in [4.78, 5) is 0.218. The first-order valence-electron chi connectivity index (χ1n) is 3.93. The van der Waals surface area contributed by atoms with E-state index in [9.17, 15) is 8.42 Å². The summed E-state index contributed by atoms with van der Waals surface area (Å²) < 4.78 is 22.2. The molecule has 1 aromatic carbocycles. The van der Waals surface area contributed by atoms with E-state index in [1.54, 1.807) is 19.1 Å². The third-order valence-electron chi connectivity index (χ3n) is 2.31. The molecule has 0 amide bonds. The van der Waals surface area contributed by atoms with Crippen LogP contribution in [0.25, 0.3) is 0 Å². The van der Waals surface area contributed by atoms with Gasteiger partial charge in [0, 0.05) is 0 Å². The van der Waals surface area contributed by atoms with Gasteiger partial charge in [0.1, 0.15) is 0 Å². The Morgan fingerprint density at radius 3 is 2.00 bits per heavy atom. The Kier molecular flexibility index (Phi) is 4.12. The van der Waals surface area contributed by atoms with E-state index in [-0.39, 0.29) is 17.3 Å². The van der Waals surface area contributed by atoms with Gasteiger partial charge < -0.3 is 0 Å². The topological polar surface area (TPSA) is 60.2 Å². The van der Waals surface area contributed by atoms with Crippen LogP contribution in [0.15, 0.2) is 17.0 Å². The second-order valence-corrected chi connectivity index (χ2v) is 4.71. The Bertz CT molecular complexity index is 440. The zero-order chi connectivity index (χ0) is 10.2. The van der Waals surface area contributed by atoms with Crippen LogP contribution in [0.5, 0.6) is 0 Å². The summed E-state index contributed by atoms with van der Waals surface area (Å²) in [6.07, 6.45) is 0. The Morgan fingerprint density at radius 2 is 1.57 bits per heavy atom. The smallest absolute Gasteiger partial charge is 0.225 e. The minimum atomic E-state index is -3.57. The van der Waals surface area contributed by atoms with E-state index < -0.39 is 10.0 Å². The van der Waals surface area contributed by atoms with Crippen LogP contribution in [0.2, 0.25) is 0 Å². The Morgan fingerprint density at radius 1 is 1.07 bits per heavy atom.